The quantitative estimate of drug-likeness (QED) is 0.913. The van der Waals surface area contributed by atoms with E-state index in [0.29, 0.717) is 12.5 Å². The Balaban J connectivity index is 1.68. The van der Waals surface area contributed by atoms with Gasteiger partial charge in [-0.2, -0.15) is 0 Å². The Kier molecular flexibility index (Phi) is 4.11. The van der Waals surface area contributed by atoms with E-state index in [1.54, 1.807) is 0 Å². The average molecular weight is 321 g/mol. The van der Waals surface area contributed by atoms with Crippen molar-refractivity contribution in [3.8, 4) is 0 Å². The zero-order chi connectivity index (χ0) is 16.4. The smallest absolute Gasteiger partial charge is 0.217 e. The van der Waals surface area contributed by atoms with Crippen LogP contribution in [0.25, 0.3) is 0 Å². The van der Waals surface area contributed by atoms with Crippen molar-refractivity contribution in [3.05, 3.63) is 71.3 Å². The first-order valence-electron chi connectivity index (χ1n) is 8.84. The highest BCUT2D eigenvalue weighted by Gasteiger charge is 2.35. The maximum atomic E-state index is 11.2. The monoisotopic (exact) mass is 321 g/mol. The van der Waals surface area contributed by atoms with E-state index in [4.69, 9.17) is 9.73 Å². The maximum absolute atomic E-state index is 11.2. The van der Waals surface area contributed by atoms with Gasteiger partial charge in [0, 0.05) is 5.56 Å². The molecule has 1 aliphatic heterocycles. The van der Waals surface area contributed by atoms with Crippen LogP contribution in [-0.4, -0.2) is 17.6 Å². The van der Waals surface area contributed by atoms with Crippen LogP contribution in [0, 0.1) is 0 Å². The average Bonchev–Trinajstić information content (AvgIpc) is 3.13. The van der Waals surface area contributed by atoms with Gasteiger partial charge in [-0.25, -0.2) is 4.99 Å². The summed E-state index contributed by atoms with van der Waals surface area (Å²) in [5.74, 6) is 0.665. The lowest BCUT2D eigenvalue weighted by atomic mass is 9.78. The number of aliphatic imine (C=N–C) groups is 1. The Morgan fingerprint density at radius 3 is 2.42 bits per heavy atom. The van der Waals surface area contributed by atoms with Crippen molar-refractivity contribution in [1.82, 2.24) is 0 Å². The van der Waals surface area contributed by atoms with Crippen LogP contribution in [0.5, 0.6) is 0 Å². The van der Waals surface area contributed by atoms with Crippen molar-refractivity contribution in [1.29, 1.82) is 0 Å². The first-order valence-corrected chi connectivity index (χ1v) is 8.84. The van der Waals surface area contributed by atoms with E-state index in [1.807, 2.05) is 42.5 Å². The van der Waals surface area contributed by atoms with Gasteiger partial charge < -0.3 is 9.84 Å². The van der Waals surface area contributed by atoms with Crippen molar-refractivity contribution < 1.29 is 9.84 Å². The van der Waals surface area contributed by atoms with Gasteiger partial charge in [0.25, 0.3) is 0 Å². The molecule has 0 amide bonds. The number of benzene rings is 2. The second kappa shape index (κ2) is 6.40. The molecule has 1 saturated carbocycles. The molecule has 1 N–H and O–H groups in total. The molecule has 3 nitrogen and oxygen atoms in total. The zero-order valence-corrected chi connectivity index (χ0v) is 13.8. The fourth-order valence-electron chi connectivity index (χ4n) is 3.85. The molecule has 2 aliphatic rings. The standard InChI is InChI=1S/C21H23NO2/c23-21(13-7-2-8-14-21)18-12-6-5-11-17(18)20-22-19(15-24-20)16-9-3-1-4-10-16/h1,3-6,9-12,19,23H,2,7-8,13-15H2/t19-/m0/s1. The van der Waals surface area contributed by atoms with Crippen molar-refractivity contribution in [2.45, 2.75) is 43.7 Å². The topological polar surface area (TPSA) is 41.8 Å². The molecule has 4 rings (SSSR count). The molecule has 1 fully saturated rings. The third-order valence-corrected chi connectivity index (χ3v) is 5.17. The van der Waals surface area contributed by atoms with Gasteiger partial charge in [0.05, 0.1) is 5.60 Å². The van der Waals surface area contributed by atoms with Crippen molar-refractivity contribution in [2.75, 3.05) is 6.61 Å². The number of rotatable bonds is 3. The summed E-state index contributed by atoms with van der Waals surface area (Å²) in [5.41, 5.74) is 2.34. The van der Waals surface area contributed by atoms with Crippen molar-refractivity contribution >= 4 is 5.90 Å². The van der Waals surface area contributed by atoms with E-state index in [-0.39, 0.29) is 6.04 Å². The van der Waals surface area contributed by atoms with E-state index in [0.717, 1.165) is 36.8 Å². The third-order valence-electron chi connectivity index (χ3n) is 5.17. The third kappa shape index (κ3) is 2.84. The van der Waals surface area contributed by atoms with Gasteiger partial charge in [-0.05, 0) is 30.0 Å². The van der Waals surface area contributed by atoms with Crippen LogP contribution in [0.3, 0.4) is 0 Å². The first-order chi connectivity index (χ1) is 11.8. The highest BCUT2D eigenvalue weighted by molar-refractivity contribution is 5.97. The van der Waals surface area contributed by atoms with Crippen LogP contribution in [-0.2, 0) is 10.3 Å². The van der Waals surface area contributed by atoms with Gasteiger partial charge in [-0.15, -0.1) is 0 Å². The first kappa shape index (κ1) is 15.4. The Morgan fingerprint density at radius 1 is 0.917 bits per heavy atom. The lowest BCUT2D eigenvalue weighted by Gasteiger charge is -2.33. The van der Waals surface area contributed by atoms with E-state index in [9.17, 15) is 5.11 Å². The fraction of sp³-hybridized carbons (Fsp3) is 0.381. The molecule has 2 aromatic carbocycles. The molecule has 0 bridgehead atoms. The minimum atomic E-state index is -0.744. The molecular formula is C21H23NO2. The molecular weight excluding hydrogens is 298 g/mol. The fourth-order valence-corrected chi connectivity index (χ4v) is 3.85. The number of nitrogens with zero attached hydrogens (tertiary/aromatic N) is 1. The van der Waals surface area contributed by atoms with E-state index >= 15 is 0 Å². The summed E-state index contributed by atoms with van der Waals surface area (Å²) in [4.78, 5) is 4.80. The molecule has 0 unspecified atom stereocenters. The summed E-state index contributed by atoms with van der Waals surface area (Å²) in [5, 5.41) is 11.2. The molecule has 1 atom stereocenters. The summed E-state index contributed by atoms with van der Waals surface area (Å²) in [6, 6.07) is 18.3. The second-order valence-electron chi connectivity index (χ2n) is 6.81. The lowest BCUT2D eigenvalue weighted by Crippen LogP contribution is -2.30. The molecule has 0 saturated heterocycles. The summed E-state index contributed by atoms with van der Waals surface area (Å²) >= 11 is 0. The predicted octanol–water partition coefficient (Wildman–Crippen LogP) is 4.36. The normalized spacial score (nSPS) is 22.7. The van der Waals surface area contributed by atoms with Gasteiger partial charge in [-0.1, -0.05) is 67.8 Å². The largest absolute Gasteiger partial charge is 0.475 e. The Morgan fingerprint density at radius 2 is 1.62 bits per heavy atom. The van der Waals surface area contributed by atoms with Gasteiger partial charge >= 0.3 is 0 Å². The van der Waals surface area contributed by atoms with Gasteiger partial charge in [0.2, 0.25) is 5.90 Å². The lowest BCUT2D eigenvalue weighted by molar-refractivity contribution is -0.000930. The van der Waals surface area contributed by atoms with Crippen LogP contribution in [0.1, 0.15) is 54.8 Å². The summed E-state index contributed by atoms with van der Waals surface area (Å²) in [7, 11) is 0. The maximum Gasteiger partial charge on any atom is 0.217 e. The van der Waals surface area contributed by atoms with Crippen LogP contribution in [0.2, 0.25) is 0 Å². The highest BCUT2D eigenvalue weighted by Crippen LogP contribution is 2.39. The molecule has 1 heterocycles. The molecule has 0 spiro atoms. The number of aliphatic hydroxyl groups is 1. The van der Waals surface area contributed by atoms with Gasteiger partial charge in [0.1, 0.15) is 12.6 Å². The Hall–Kier alpha value is -2.13. The molecule has 0 radical (unpaired) electrons. The van der Waals surface area contributed by atoms with E-state index in [2.05, 4.69) is 12.1 Å². The van der Waals surface area contributed by atoms with Crippen molar-refractivity contribution in [3.63, 3.8) is 0 Å². The van der Waals surface area contributed by atoms with Crippen LogP contribution < -0.4 is 0 Å². The summed E-state index contributed by atoms with van der Waals surface area (Å²) < 4.78 is 5.92. The van der Waals surface area contributed by atoms with Crippen LogP contribution in [0.15, 0.2) is 59.6 Å². The van der Waals surface area contributed by atoms with Crippen LogP contribution in [0.4, 0.5) is 0 Å². The van der Waals surface area contributed by atoms with Crippen LogP contribution >= 0.6 is 0 Å². The minimum Gasteiger partial charge on any atom is -0.475 e. The predicted molar refractivity (Wildman–Crippen MR) is 95.1 cm³/mol. The Bertz CT molecular complexity index is 733. The highest BCUT2D eigenvalue weighted by atomic mass is 16.5. The molecule has 24 heavy (non-hydrogen) atoms. The molecule has 0 aromatic heterocycles. The molecule has 2 aromatic rings. The number of hydrogen-bond acceptors (Lipinski definition) is 3. The van der Waals surface area contributed by atoms with E-state index < -0.39 is 5.60 Å². The van der Waals surface area contributed by atoms with Gasteiger partial charge in [-0.3, -0.25) is 0 Å². The second-order valence-corrected chi connectivity index (χ2v) is 6.81. The summed E-state index contributed by atoms with van der Waals surface area (Å²) in [6.45, 7) is 0.562. The number of ether oxygens (including phenoxy) is 1. The Labute approximate surface area is 143 Å². The van der Waals surface area contributed by atoms with Gasteiger partial charge in [0.15, 0.2) is 0 Å². The minimum absolute atomic E-state index is 0.0373. The molecule has 3 heteroatoms. The molecule has 124 valence electrons. The number of hydrogen-bond donors (Lipinski definition) is 1. The summed E-state index contributed by atoms with van der Waals surface area (Å²) in [6.07, 6.45) is 4.99. The van der Waals surface area contributed by atoms with E-state index in [1.165, 1.54) is 12.0 Å². The molecule has 1 aliphatic carbocycles. The zero-order valence-electron chi connectivity index (χ0n) is 13.8. The van der Waals surface area contributed by atoms with Crippen molar-refractivity contribution in [2.24, 2.45) is 4.99 Å². The SMILES string of the molecule is OC1(c2ccccc2C2=N[C@H](c3ccccc3)CO2)CCCCC1.